The van der Waals surface area contributed by atoms with Gasteiger partial charge in [0.1, 0.15) is 6.04 Å². The lowest BCUT2D eigenvalue weighted by molar-refractivity contribution is -0.140. The van der Waals surface area contributed by atoms with Crippen molar-refractivity contribution in [3.05, 3.63) is 34.3 Å². The summed E-state index contributed by atoms with van der Waals surface area (Å²) >= 11 is 6.06. The van der Waals surface area contributed by atoms with Crippen LogP contribution in [0.25, 0.3) is 0 Å². The number of carboxylic acid groups (broad SMARTS) is 1. The number of halogens is 1. The van der Waals surface area contributed by atoms with Gasteiger partial charge in [-0.1, -0.05) is 23.7 Å². The number of fused-ring (bicyclic) bond motifs is 1. The first-order chi connectivity index (χ1) is 7.09. The molecule has 0 bridgehead atoms. The minimum atomic E-state index is -0.856. The molecule has 1 aliphatic rings. The zero-order chi connectivity index (χ0) is 11.0. The second kappa shape index (κ2) is 3.83. The summed E-state index contributed by atoms with van der Waals surface area (Å²) in [6.07, 6.45) is 0.777. The molecule has 3 nitrogen and oxygen atoms in total. The van der Waals surface area contributed by atoms with Gasteiger partial charge in [0.05, 0.1) is 0 Å². The fourth-order valence-corrected chi connectivity index (χ4v) is 2.26. The molecule has 2 N–H and O–H groups in total. The van der Waals surface area contributed by atoms with Crippen LogP contribution in [0.15, 0.2) is 18.2 Å². The molecule has 0 saturated carbocycles. The van der Waals surface area contributed by atoms with Gasteiger partial charge in [0.2, 0.25) is 0 Å². The summed E-state index contributed by atoms with van der Waals surface area (Å²) in [5.41, 5.74) is 1.74. The van der Waals surface area contributed by atoms with Crippen LogP contribution in [0.2, 0.25) is 5.02 Å². The molecular formula is C11H12ClNO2. The molecule has 0 spiro atoms. The molecule has 0 aliphatic carbocycles. The zero-order valence-corrected chi connectivity index (χ0v) is 9.08. The van der Waals surface area contributed by atoms with Gasteiger partial charge in [0.25, 0.3) is 0 Å². The fourth-order valence-electron chi connectivity index (χ4n) is 2.00. The van der Waals surface area contributed by atoms with Crippen LogP contribution in [0.3, 0.4) is 0 Å². The summed E-state index contributed by atoms with van der Waals surface area (Å²) in [6, 6.07) is 4.91. The molecule has 15 heavy (non-hydrogen) atoms. The predicted octanol–water partition coefficient (Wildman–Crippen LogP) is 2.00. The SMILES string of the molecule is CC1Cc2c(Cl)cccc2C(C(=O)O)N1. The summed E-state index contributed by atoms with van der Waals surface area (Å²) in [6.45, 7) is 1.96. The molecule has 4 heteroatoms. The van der Waals surface area contributed by atoms with Crippen molar-refractivity contribution in [3.8, 4) is 0 Å². The van der Waals surface area contributed by atoms with Crippen LogP contribution in [-0.2, 0) is 11.2 Å². The molecule has 1 aromatic carbocycles. The third-order valence-electron chi connectivity index (χ3n) is 2.67. The Balaban J connectivity index is 2.51. The molecule has 0 saturated heterocycles. The molecule has 0 fully saturated rings. The lowest BCUT2D eigenvalue weighted by Gasteiger charge is -2.29. The first kappa shape index (κ1) is 10.5. The highest BCUT2D eigenvalue weighted by molar-refractivity contribution is 6.31. The summed E-state index contributed by atoms with van der Waals surface area (Å²) in [7, 11) is 0. The largest absolute Gasteiger partial charge is 0.480 e. The second-order valence-electron chi connectivity index (χ2n) is 3.85. The van der Waals surface area contributed by atoms with Crippen LogP contribution >= 0.6 is 11.6 Å². The number of carbonyl (C=O) groups is 1. The lowest BCUT2D eigenvalue weighted by atomic mass is 9.91. The maximum Gasteiger partial charge on any atom is 0.325 e. The second-order valence-corrected chi connectivity index (χ2v) is 4.26. The smallest absolute Gasteiger partial charge is 0.325 e. The molecule has 80 valence electrons. The van der Waals surface area contributed by atoms with E-state index in [9.17, 15) is 4.79 Å². The molecule has 2 atom stereocenters. The van der Waals surface area contributed by atoms with Crippen LogP contribution in [0.4, 0.5) is 0 Å². The fraction of sp³-hybridized carbons (Fsp3) is 0.364. The first-order valence-electron chi connectivity index (χ1n) is 4.85. The molecule has 1 aliphatic heterocycles. The Morgan fingerprint density at radius 3 is 3.00 bits per heavy atom. The number of carboxylic acids is 1. The van der Waals surface area contributed by atoms with Crippen molar-refractivity contribution in [2.24, 2.45) is 0 Å². The van der Waals surface area contributed by atoms with Crippen molar-refractivity contribution in [3.63, 3.8) is 0 Å². The molecule has 0 amide bonds. The molecule has 0 aromatic heterocycles. The summed E-state index contributed by atoms with van der Waals surface area (Å²) < 4.78 is 0. The lowest BCUT2D eigenvalue weighted by Crippen LogP contribution is -2.41. The Hall–Kier alpha value is -1.06. The average Bonchev–Trinajstić information content (AvgIpc) is 2.18. The van der Waals surface area contributed by atoms with Gasteiger partial charge in [-0.05, 0) is 30.5 Å². The van der Waals surface area contributed by atoms with Gasteiger partial charge in [-0.25, -0.2) is 0 Å². The molecular weight excluding hydrogens is 214 g/mol. The Bertz CT molecular complexity index is 406. The van der Waals surface area contributed by atoms with Crippen LogP contribution in [0, 0.1) is 0 Å². The summed E-state index contributed by atoms with van der Waals surface area (Å²) in [4.78, 5) is 11.1. The Morgan fingerprint density at radius 1 is 1.60 bits per heavy atom. The molecule has 1 heterocycles. The summed E-state index contributed by atoms with van der Waals surface area (Å²) in [5, 5.41) is 12.8. The number of hydrogen-bond acceptors (Lipinski definition) is 2. The average molecular weight is 226 g/mol. The third-order valence-corrected chi connectivity index (χ3v) is 3.03. The number of nitrogens with one attached hydrogen (secondary N) is 1. The highest BCUT2D eigenvalue weighted by atomic mass is 35.5. The van der Waals surface area contributed by atoms with E-state index in [-0.39, 0.29) is 6.04 Å². The highest BCUT2D eigenvalue weighted by Crippen LogP contribution is 2.30. The predicted molar refractivity (Wildman–Crippen MR) is 58.1 cm³/mol. The van der Waals surface area contributed by atoms with E-state index in [0.29, 0.717) is 5.02 Å². The number of benzene rings is 1. The van der Waals surface area contributed by atoms with E-state index >= 15 is 0 Å². The molecule has 1 aromatic rings. The van der Waals surface area contributed by atoms with E-state index in [2.05, 4.69) is 5.32 Å². The van der Waals surface area contributed by atoms with Crippen molar-refractivity contribution >= 4 is 17.6 Å². The third kappa shape index (κ3) is 1.85. The van der Waals surface area contributed by atoms with Crippen molar-refractivity contribution in [1.29, 1.82) is 0 Å². The minimum Gasteiger partial charge on any atom is -0.480 e. The van der Waals surface area contributed by atoms with Crippen LogP contribution in [0.5, 0.6) is 0 Å². The van der Waals surface area contributed by atoms with Gasteiger partial charge in [0.15, 0.2) is 0 Å². The molecule has 0 radical (unpaired) electrons. The zero-order valence-electron chi connectivity index (χ0n) is 8.33. The maximum absolute atomic E-state index is 11.1. The van der Waals surface area contributed by atoms with Crippen molar-refractivity contribution in [1.82, 2.24) is 5.32 Å². The Labute approximate surface area is 93.1 Å². The standard InChI is InChI=1S/C11H12ClNO2/c1-6-5-8-7(3-2-4-9(8)12)10(13-6)11(14)15/h2-4,6,10,13H,5H2,1H3,(H,14,15). The van der Waals surface area contributed by atoms with Gasteiger partial charge in [0, 0.05) is 11.1 Å². The Kier molecular flexibility index (Phi) is 2.67. The van der Waals surface area contributed by atoms with E-state index in [1.165, 1.54) is 0 Å². The first-order valence-corrected chi connectivity index (χ1v) is 5.23. The van der Waals surface area contributed by atoms with Gasteiger partial charge in [-0.3, -0.25) is 10.1 Å². The maximum atomic E-state index is 11.1. The van der Waals surface area contributed by atoms with Crippen LogP contribution in [-0.4, -0.2) is 17.1 Å². The molecule has 2 rings (SSSR count). The van der Waals surface area contributed by atoms with Crippen LogP contribution < -0.4 is 5.32 Å². The van der Waals surface area contributed by atoms with Gasteiger partial charge in [-0.2, -0.15) is 0 Å². The van der Waals surface area contributed by atoms with Gasteiger partial charge in [-0.15, -0.1) is 0 Å². The van der Waals surface area contributed by atoms with E-state index < -0.39 is 12.0 Å². The van der Waals surface area contributed by atoms with Gasteiger partial charge >= 0.3 is 5.97 Å². The van der Waals surface area contributed by atoms with E-state index in [1.54, 1.807) is 12.1 Å². The number of hydrogen-bond donors (Lipinski definition) is 2. The van der Waals surface area contributed by atoms with E-state index in [4.69, 9.17) is 16.7 Å². The topological polar surface area (TPSA) is 49.3 Å². The summed E-state index contributed by atoms with van der Waals surface area (Å²) in [5.74, 6) is -0.856. The van der Waals surface area contributed by atoms with Crippen molar-refractivity contribution < 1.29 is 9.90 Å². The Morgan fingerprint density at radius 2 is 2.33 bits per heavy atom. The quantitative estimate of drug-likeness (QED) is 0.769. The normalized spacial score (nSPS) is 24.7. The number of rotatable bonds is 1. The highest BCUT2D eigenvalue weighted by Gasteiger charge is 2.29. The monoisotopic (exact) mass is 225 g/mol. The van der Waals surface area contributed by atoms with E-state index in [1.807, 2.05) is 13.0 Å². The minimum absolute atomic E-state index is 0.137. The van der Waals surface area contributed by atoms with Gasteiger partial charge < -0.3 is 5.11 Å². The van der Waals surface area contributed by atoms with Crippen LogP contribution in [0.1, 0.15) is 24.1 Å². The van der Waals surface area contributed by atoms with E-state index in [0.717, 1.165) is 17.5 Å². The van der Waals surface area contributed by atoms with Crippen molar-refractivity contribution in [2.75, 3.05) is 0 Å². The molecule has 2 unspecified atom stereocenters. The van der Waals surface area contributed by atoms with Crippen molar-refractivity contribution in [2.45, 2.75) is 25.4 Å². The number of aliphatic carboxylic acids is 1.